The topological polar surface area (TPSA) is 78.9 Å². The van der Waals surface area contributed by atoms with E-state index in [4.69, 9.17) is 14.2 Å². The summed E-state index contributed by atoms with van der Waals surface area (Å²) in [5, 5.41) is 0. The highest BCUT2D eigenvalue weighted by Crippen LogP contribution is 2.16. The van der Waals surface area contributed by atoms with E-state index in [1.807, 2.05) is 0 Å². The first-order valence-corrected chi connectivity index (χ1v) is 32.7. The summed E-state index contributed by atoms with van der Waals surface area (Å²) in [4.78, 5) is 38.3. The van der Waals surface area contributed by atoms with Gasteiger partial charge in [0.05, 0.1) is 0 Å². The number of carbonyl (C=O) groups is 3. The van der Waals surface area contributed by atoms with E-state index < -0.39 is 6.10 Å². The smallest absolute Gasteiger partial charge is 0.306 e. The number of unbranched alkanes of at least 4 members (excludes halogenated alkanes) is 32. The van der Waals surface area contributed by atoms with Gasteiger partial charge in [0.2, 0.25) is 0 Å². The Hall–Kier alpha value is -3.67. The van der Waals surface area contributed by atoms with Crippen LogP contribution in [0.2, 0.25) is 0 Å². The maximum Gasteiger partial charge on any atom is 0.306 e. The monoisotopic (exact) mass is 1070 g/mol. The predicted octanol–water partition coefficient (Wildman–Crippen LogP) is 22.4. The maximum absolute atomic E-state index is 12.9. The molecule has 0 radical (unpaired) electrons. The largest absolute Gasteiger partial charge is 0.462 e. The van der Waals surface area contributed by atoms with Gasteiger partial charge in [-0.3, -0.25) is 14.4 Å². The molecule has 0 aliphatic rings. The minimum absolute atomic E-state index is 0.0837. The Morgan fingerprint density at radius 1 is 0.273 bits per heavy atom. The van der Waals surface area contributed by atoms with E-state index >= 15 is 0 Å². The van der Waals surface area contributed by atoms with Crippen molar-refractivity contribution in [2.45, 2.75) is 322 Å². The van der Waals surface area contributed by atoms with Gasteiger partial charge in [-0.2, -0.15) is 0 Å². The molecule has 442 valence electrons. The average Bonchev–Trinajstić information content (AvgIpc) is 3.43. The number of hydrogen-bond acceptors (Lipinski definition) is 6. The highest BCUT2D eigenvalue weighted by molar-refractivity contribution is 5.71. The first-order valence-electron chi connectivity index (χ1n) is 32.7. The van der Waals surface area contributed by atoms with Gasteiger partial charge in [-0.25, -0.2) is 0 Å². The summed E-state index contributed by atoms with van der Waals surface area (Å²) in [6, 6.07) is 0. The van der Waals surface area contributed by atoms with Crippen molar-refractivity contribution in [2.24, 2.45) is 0 Å². The molecule has 0 aliphatic carbocycles. The SMILES string of the molecule is CC/C=C\C/C=C\C/C=C\C/C=C\C/C=C\CCCCCCCCCCCCCCCCCC(=O)OCC(COC(=O)CCCCCCC/C=C\CCCCCCC)OC(=O)CCCCCCC/C=C\C/C=C\CCCC. The molecule has 0 rings (SSSR count). The van der Waals surface area contributed by atoms with Crippen LogP contribution in [0.3, 0.4) is 0 Å². The highest BCUT2D eigenvalue weighted by Gasteiger charge is 2.19. The second-order valence-corrected chi connectivity index (χ2v) is 21.6. The van der Waals surface area contributed by atoms with Gasteiger partial charge >= 0.3 is 17.9 Å². The predicted molar refractivity (Wildman–Crippen MR) is 334 cm³/mol. The molecule has 0 fully saturated rings. The van der Waals surface area contributed by atoms with E-state index in [1.54, 1.807) is 0 Å². The lowest BCUT2D eigenvalue weighted by atomic mass is 10.0. The van der Waals surface area contributed by atoms with Gasteiger partial charge in [-0.05, 0) is 116 Å². The van der Waals surface area contributed by atoms with Crippen LogP contribution in [0, 0.1) is 0 Å². The van der Waals surface area contributed by atoms with Crippen LogP contribution in [0.4, 0.5) is 0 Å². The van der Waals surface area contributed by atoms with E-state index in [9.17, 15) is 14.4 Å². The molecule has 0 heterocycles. The lowest BCUT2D eigenvalue weighted by Gasteiger charge is -2.18. The van der Waals surface area contributed by atoms with Crippen molar-refractivity contribution >= 4 is 17.9 Å². The molecule has 6 nitrogen and oxygen atoms in total. The van der Waals surface area contributed by atoms with Gasteiger partial charge in [0.15, 0.2) is 6.10 Å². The van der Waals surface area contributed by atoms with Crippen LogP contribution < -0.4 is 0 Å². The van der Waals surface area contributed by atoms with Crippen LogP contribution in [-0.2, 0) is 28.6 Å². The van der Waals surface area contributed by atoms with Crippen LogP contribution in [0.25, 0.3) is 0 Å². The van der Waals surface area contributed by atoms with Gasteiger partial charge in [0.1, 0.15) is 13.2 Å². The zero-order valence-electron chi connectivity index (χ0n) is 50.7. The quantitative estimate of drug-likeness (QED) is 0.0261. The van der Waals surface area contributed by atoms with Gasteiger partial charge in [-0.1, -0.05) is 279 Å². The summed E-state index contributed by atoms with van der Waals surface area (Å²) in [5.74, 6) is -0.896. The number of ether oxygens (including phenoxy) is 3. The van der Waals surface area contributed by atoms with Crippen LogP contribution in [-0.4, -0.2) is 37.2 Å². The molecule has 0 bridgehead atoms. The standard InChI is InChI=1S/C71H122O6/c1-4-7-10-13-16-19-22-25-28-29-30-31-32-33-34-35-36-37-38-39-40-41-42-43-44-47-49-52-55-58-61-64-70(73)76-67-68(77-71(74)65-62-59-56-53-50-46-27-24-21-18-15-12-9-6-3)66-75-69(72)63-60-57-54-51-48-45-26-23-20-17-14-11-8-5-2/h7,10,15-16,18-19,23-28,30-31,33-34,68H,4-6,8-9,11-14,17,20-22,29,32,35-67H2,1-3H3/b10-7-,18-15-,19-16-,26-23-,27-24-,28-25-,31-30-,34-33-. The molecule has 77 heavy (non-hydrogen) atoms. The zero-order chi connectivity index (χ0) is 55.7. The molecule has 0 spiro atoms. The molecular formula is C71H122O6. The number of allylic oxidation sites excluding steroid dienone is 16. The fraction of sp³-hybridized carbons (Fsp3) is 0.732. The molecule has 0 saturated heterocycles. The van der Waals surface area contributed by atoms with E-state index in [-0.39, 0.29) is 31.1 Å². The van der Waals surface area contributed by atoms with Crippen molar-refractivity contribution in [3.8, 4) is 0 Å². The summed E-state index contributed by atoms with van der Waals surface area (Å²) in [7, 11) is 0. The van der Waals surface area contributed by atoms with E-state index in [1.165, 1.54) is 154 Å². The lowest BCUT2D eigenvalue weighted by molar-refractivity contribution is -0.167. The van der Waals surface area contributed by atoms with Gasteiger partial charge in [0.25, 0.3) is 0 Å². The molecule has 0 N–H and O–H groups in total. The van der Waals surface area contributed by atoms with E-state index in [0.717, 1.165) is 122 Å². The summed E-state index contributed by atoms with van der Waals surface area (Å²) < 4.78 is 16.9. The van der Waals surface area contributed by atoms with E-state index in [0.29, 0.717) is 19.3 Å². The van der Waals surface area contributed by atoms with Crippen molar-refractivity contribution in [3.05, 3.63) is 97.2 Å². The summed E-state index contributed by atoms with van der Waals surface area (Å²) >= 11 is 0. The molecule has 1 atom stereocenters. The fourth-order valence-corrected chi connectivity index (χ4v) is 9.13. The maximum atomic E-state index is 12.9. The first-order chi connectivity index (χ1) is 38.0. The summed E-state index contributed by atoms with van der Waals surface area (Å²) in [5.41, 5.74) is 0. The zero-order valence-corrected chi connectivity index (χ0v) is 50.7. The minimum atomic E-state index is -0.788. The molecule has 0 saturated carbocycles. The molecular weight excluding hydrogens is 949 g/mol. The van der Waals surface area contributed by atoms with Crippen LogP contribution in [0.5, 0.6) is 0 Å². The second-order valence-electron chi connectivity index (χ2n) is 21.6. The van der Waals surface area contributed by atoms with Gasteiger partial charge < -0.3 is 14.2 Å². The van der Waals surface area contributed by atoms with Gasteiger partial charge in [-0.15, -0.1) is 0 Å². The van der Waals surface area contributed by atoms with Crippen LogP contribution in [0.15, 0.2) is 97.2 Å². The Balaban J connectivity index is 4.20. The number of rotatable bonds is 59. The number of esters is 3. The fourth-order valence-electron chi connectivity index (χ4n) is 9.13. The Bertz CT molecular complexity index is 1510. The van der Waals surface area contributed by atoms with Crippen molar-refractivity contribution < 1.29 is 28.6 Å². The molecule has 1 unspecified atom stereocenters. The molecule has 0 aromatic heterocycles. The second kappa shape index (κ2) is 64.9. The van der Waals surface area contributed by atoms with Crippen LogP contribution >= 0.6 is 0 Å². The lowest BCUT2D eigenvalue weighted by Crippen LogP contribution is -2.30. The summed E-state index contributed by atoms with van der Waals surface area (Å²) in [6.45, 7) is 6.48. The van der Waals surface area contributed by atoms with Gasteiger partial charge in [0, 0.05) is 19.3 Å². The van der Waals surface area contributed by atoms with Crippen LogP contribution in [0.1, 0.15) is 316 Å². The van der Waals surface area contributed by atoms with Crippen molar-refractivity contribution in [2.75, 3.05) is 13.2 Å². The minimum Gasteiger partial charge on any atom is -0.462 e. The number of hydrogen-bond donors (Lipinski definition) is 0. The highest BCUT2D eigenvalue weighted by atomic mass is 16.6. The molecule has 0 aromatic carbocycles. The normalized spacial score (nSPS) is 12.7. The Morgan fingerprint density at radius 3 is 0.844 bits per heavy atom. The third kappa shape index (κ3) is 63.0. The molecule has 0 amide bonds. The van der Waals surface area contributed by atoms with E-state index in [2.05, 4.69) is 118 Å². The third-order valence-electron chi connectivity index (χ3n) is 14.0. The molecule has 6 heteroatoms. The molecule has 0 aromatic rings. The Labute approximate surface area is 477 Å². The van der Waals surface area contributed by atoms with Crippen molar-refractivity contribution in [1.29, 1.82) is 0 Å². The molecule has 0 aliphatic heterocycles. The van der Waals surface area contributed by atoms with Crippen molar-refractivity contribution in [3.63, 3.8) is 0 Å². The Morgan fingerprint density at radius 2 is 0.519 bits per heavy atom. The van der Waals surface area contributed by atoms with Crippen molar-refractivity contribution in [1.82, 2.24) is 0 Å². The number of carbonyl (C=O) groups excluding carboxylic acids is 3. The first kappa shape index (κ1) is 73.3. The third-order valence-corrected chi connectivity index (χ3v) is 14.0. The summed E-state index contributed by atoms with van der Waals surface area (Å²) in [6.07, 6.45) is 87.1. The Kier molecular flexibility index (Phi) is 61.8. The average molecular weight is 1070 g/mol.